The average molecular weight is 284 g/mol. The summed E-state index contributed by atoms with van der Waals surface area (Å²) in [5.74, 6) is 0. The second-order valence-corrected chi connectivity index (χ2v) is 5.33. The molecule has 0 amide bonds. The molecule has 0 fully saturated rings. The van der Waals surface area contributed by atoms with Gasteiger partial charge < -0.3 is 10.6 Å². The van der Waals surface area contributed by atoms with E-state index < -0.39 is 0 Å². The fourth-order valence-corrected chi connectivity index (χ4v) is 2.47. The minimum absolute atomic E-state index is 0.454. The van der Waals surface area contributed by atoms with Gasteiger partial charge >= 0.3 is 0 Å². The van der Waals surface area contributed by atoms with Crippen molar-refractivity contribution in [1.82, 2.24) is 0 Å². The van der Waals surface area contributed by atoms with E-state index in [1.165, 1.54) is 5.56 Å². The van der Waals surface area contributed by atoms with Crippen LogP contribution in [0.5, 0.6) is 0 Å². The summed E-state index contributed by atoms with van der Waals surface area (Å²) in [4.78, 5) is 2.67. The van der Waals surface area contributed by atoms with Gasteiger partial charge in [0.15, 0.2) is 0 Å². The van der Waals surface area contributed by atoms with Crippen LogP contribution in [0.3, 0.4) is 0 Å². The van der Waals surface area contributed by atoms with Crippen LogP contribution < -0.4 is 10.6 Å². The molecule has 0 atom stereocenters. The minimum atomic E-state index is 0.454. The van der Waals surface area contributed by atoms with Crippen molar-refractivity contribution in [1.29, 1.82) is 0 Å². The number of rotatable bonds is 6. The van der Waals surface area contributed by atoms with Gasteiger partial charge in [0.25, 0.3) is 0 Å². The Labute approximate surface area is 126 Å². The molecule has 0 bridgehead atoms. The van der Waals surface area contributed by atoms with E-state index in [2.05, 4.69) is 42.3 Å². The zero-order valence-corrected chi connectivity index (χ0v) is 12.6. The van der Waals surface area contributed by atoms with Gasteiger partial charge in [-0.15, -0.1) is 0 Å². The summed E-state index contributed by atoms with van der Waals surface area (Å²) in [6.45, 7) is 0.981. The third-order valence-electron chi connectivity index (χ3n) is 3.38. The maximum Gasteiger partial charge on any atom is 0.106 e. The summed E-state index contributed by atoms with van der Waals surface area (Å²) in [6.07, 6.45) is 2.19. The molecule has 2 nitrogen and oxygen atoms in total. The molecule has 0 saturated heterocycles. The lowest BCUT2D eigenvalue weighted by Gasteiger charge is -2.22. The Bertz CT molecular complexity index is 566. The van der Waals surface area contributed by atoms with Crippen LogP contribution in [0.2, 0.25) is 0 Å². The van der Waals surface area contributed by atoms with Crippen LogP contribution in [0.4, 0.5) is 5.69 Å². The predicted molar refractivity (Wildman–Crippen MR) is 90.4 cm³/mol. The number of para-hydroxylation sites is 1. The molecule has 0 unspecified atom stereocenters. The van der Waals surface area contributed by atoms with Gasteiger partial charge in [-0.05, 0) is 30.5 Å². The van der Waals surface area contributed by atoms with Gasteiger partial charge in [-0.25, -0.2) is 0 Å². The fraction of sp³-hybridized carbons (Fsp3) is 0.235. The molecular formula is C17H20N2S. The third-order valence-corrected chi connectivity index (χ3v) is 3.60. The summed E-state index contributed by atoms with van der Waals surface area (Å²) in [6, 6.07) is 18.6. The Morgan fingerprint density at radius 3 is 2.40 bits per heavy atom. The van der Waals surface area contributed by atoms with E-state index in [-0.39, 0.29) is 0 Å². The van der Waals surface area contributed by atoms with Crippen molar-refractivity contribution in [3.05, 3.63) is 65.7 Å². The van der Waals surface area contributed by atoms with Gasteiger partial charge in [0.2, 0.25) is 0 Å². The van der Waals surface area contributed by atoms with Crippen LogP contribution >= 0.6 is 12.2 Å². The second kappa shape index (κ2) is 7.06. The monoisotopic (exact) mass is 284 g/mol. The SMILES string of the molecule is CN(CCCc1ccccc1)c1ccccc1C(N)=S. The van der Waals surface area contributed by atoms with E-state index in [1.54, 1.807) is 0 Å². The molecule has 0 aromatic heterocycles. The van der Waals surface area contributed by atoms with Crippen LogP contribution in [0.1, 0.15) is 17.5 Å². The Hall–Kier alpha value is -1.87. The highest BCUT2D eigenvalue weighted by Crippen LogP contribution is 2.19. The van der Waals surface area contributed by atoms with Gasteiger partial charge in [-0.1, -0.05) is 54.7 Å². The number of hydrogen-bond donors (Lipinski definition) is 1. The van der Waals surface area contributed by atoms with E-state index >= 15 is 0 Å². The normalized spacial score (nSPS) is 10.2. The molecule has 2 aromatic carbocycles. The number of benzene rings is 2. The smallest absolute Gasteiger partial charge is 0.106 e. The summed E-state index contributed by atoms with van der Waals surface area (Å²) in [7, 11) is 2.09. The Balaban J connectivity index is 1.95. The Kier molecular flexibility index (Phi) is 5.13. The first kappa shape index (κ1) is 14.5. The predicted octanol–water partition coefficient (Wildman–Crippen LogP) is 3.39. The molecule has 0 aliphatic heterocycles. The molecular weight excluding hydrogens is 264 g/mol. The molecule has 2 N–H and O–H groups in total. The highest BCUT2D eigenvalue weighted by Gasteiger charge is 2.08. The van der Waals surface area contributed by atoms with E-state index in [9.17, 15) is 0 Å². The first-order valence-corrected chi connectivity index (χ1v) is 7.23. The summed E-state index contributed by atoms with van der Waals surface area (Å²) >= 11 is 5.11. The standard InChI is InChI=1S/C17H20N2S/c1-19(13-7-10-14-8-3-2-4-9-14)16-12-6-5-11-15(16)17(18)20/h2-6,8-9,11-12H,7,10,13H2,1H3,(H2,18,20). The van der Waals surface area contributed by atoms with Crippen molar-refractivity contribution >= 4 is 22.9 Å². The fourth-order valence-electron chi connectivity index (χ4n) is 2.30. The van der Waals surface area contributed by atoms with E-state index in [4.69, 9.17) is 18.0 Å². The largest absolute Gasteiger partial charge is 0.389 e. The molecule has 104 valence electrons. The molecule has 3 heteroatoms. The van der Waals surface area contributed by atoms with Crippen LogP contribution in [0, 0.1) is 0 Å². The number of aryl methyl sites for hydroxylation is 1. The molecule has 0 saturated carbocycles. The lowest BCUT2D eigenvalue weighted by atomic mass is 10.1. The van der Waals surface area contributed by atoms with Crippen molar-refractivity contribution in [2.45, 2.75) is 12.8 Å². The summed E-state index contributed by atoms with van der Waals surface area (Å²) in [5, 5.41) is 0. The lowest BCUT2D eigenvalue weighted by molar-refractivity contribution is 0.785. The molecule has 0 aliphatic carbocycles. The molecule has 0 radical (unpaired) electrons. The van der Waals surface area contributed by atoms with Crippen molar-refractivity contribution < 1.29 is 0 Å². The lowest BCUT2D eigenvalue weighted by Crippen LogP contribution is -2.23. The average Bonchev–Trinajstić information content (AvgIpc) is 2.48. The molecule has 0 spiro atoms. The van der Waals surface area contributed by atoms with E-state index in [1.807, 2.05) is 24.3 Å². The van der Waals surface area contributed by atoms with E-state index in [0.29, 0.717) is 4.99 Å². The first-order chi connectivity index (χ1) is 9.68. The van der Waals surface area contributed by atoms with Gasteiger partial charge in [-0.3, -0.25) is 0 Å². The molecule has 2 aromatic rings. The Morgan fingerprint density at radius 2 is 1.70 bits per heavy atom. The number of hydrogen-bond acceptors (Lipinski definition) is 2. The first-order valence-electron chi connectivity index (χ1n) is 6.82. The van der Waals surface area contributed by atoms with Crippen LogP contribution in [-0.2, 0) is 6.42 Å². The third kappa shape index (κ3) is 3.81. The molecule has 0 aliphatic rings. The summed E-state index contributed by atoms with van der Waals surface area (Å²) in [5.41, 5.74) is 9.21. The van der Waals surface area contributed by atoms with Gasteiger partial charge in [0.05, 0.1) is 0 Å². The maximum atomic E-state index is 5.78. The van der Waals surface area contributed by atoms with Crippen molar-refractivity contribution in [3.8, 4) is 0 Å². The van der Waals surface area contributed by atoms with Crippen molar-refractivity contribution in [2.75, 3.05) is 18.5 Å². The number of nitrogens with two attached hydrogens (primary N) is 1. The van der Waals surface area contributed by atoms with Crippen LogP contribution in [-0.4, -0.2) is 18.6 Å². The van der Waals surface area contributed by atoms with E-state index in [0.717, 1.165) is 30.6 Å². The quantitative estimate of drug-likeness (QED) is 0.825. The van der Waals surface area contributed by atoms with Crippen molar-refractivity contribution in [2.24, 2.45) is 5.73 Å². The topological polar surface area (TPSA) is 29.3 Å². The number of thiocarbonyl (C=S) groups is 1. The number of nitrogens with zero attached hydrogens (tertiary/aromatic N) is 1. The number of anilines is 1. The highest BCUT2D eigenvalue weighted by atomic mass is 32.1. The van der Waals surface area contributed by atoms with Crippen LogP contribution in [0.25, 0.3) is 0 Å². The zero-order chi connectivity index (χ0) is 14.4. The molecule has 2 rings (SSSR count). The second-order valence-electron chi connectivity index (χ2n) is 4.89. The maximum absolute atomic E-state index is 5.78. The Morgan fingerprint density at radius 1 is 1.05 bits per heavy atom. The molecule has 0 heterocycles. The van der Waals surface area contributed by atoms with Gasteiger partial charge in [-0.2, -0.15) is 0 Å². The van der Waals surface area contributed by atoms with Crippen molar-refractivity contribution in [3.63, 3.8) is 0 Å². The zero-order valence-electron chi connectivity index (χ0n) is 11.8. The minimum Gasteiger partial charge on any atom is -0.389 e. The van der Waals surface area contributed by atoms with Gasteiger partial charge in [0, 0.05) is 24.8 Å². The van der Waals surface area contributed by atoms with Crippen LogP contribution in [0.15, 0.2) is 54.6 Å². The summed E-state index contributed by atoms with van der Waals surface area (Å²) < 4.78 is 0. The molecule has 20 heavy (non-hydrogen) atoms. The van der Waals surface area contributed by atoms with Gasteiger partial charge in [0.1, 0.15) is 4.99 Å². The highest BCUT2D eigenvalue weighted by molar-refractivity contribution is 7.80.